The number of nitrogens with zero attached hydrogens (tertiary/aromatic N) is 5. The van der Waals surface area contributed by atoms with Crippen molar-refractivity contribution in [3.05, 3.63) is 40.3 Å². The van der Waals surface area contributed by atoms with Crippen LogP contribution in [0.1, 0.15) is 29.0 Å². The Labute approximate surface area is 130 Å². The molecule has 22 heavy (non-hydrogen) atoms. The highest BCUT2D eigenvalue weighted by molar-refractivity contribution is 7.08. The highest BCUT2D eigenvalue weighted by Crippen LogP contribution is 2.28. The summed E-state index contributed by atoms with van der Waals surface area (Å²) in [5, 5.41) is 17.7. The molecule has 0 unspecified atom stereocenters. The number of amides is 1. The van der Waals surface area contributed by atoms with Gasteiger partial charge in [0.05, 0.1) is 12.1 Å². The first kappa shape index (κ1) is 13.2. The molecule has 7 nitrogen and oxygen atoms in total. The topological polar surface area (TPSA) is 79.7 Å². The first-order chi connectivity index (χ1) is 10.7. The monoisotopic (exact) mass is 314 g/mol. The van der Waals surface area contributed by atoms with E-state index < -0.39 is 0 Å². The third kappa shape index (κ3) is 2.03. The number of hydrogen-bond acceptors (Lipinski definition) is 5. The lowest BCUT2D eigenvalue weighted by atomic mass is 10.1. The number of tetrazole rings is 1. The number of nitrogens with one attached hydrogen (secondary N) is 1. The van der Waals surface area contributed by atoms with Gasteiger partial charge in [-0.05, 0) is 24.3 Å². The van der Waals surface area contributed by atoms with Gasteiger partial charge < -0.3 is 9.47 Å². The number of H-pyrrole nitrogens is 1. The fraction of sp³-hybridized carbons (Fsp3) is 0.286. The smallest absolute Gasteiger partial charge is 0.255 e. The molecule has 0 bridgehead atoms. The van der Waals surface area contributed by atoms with Gasteiger partial charge >= 0.3 is 0 Å². The van der Waals surface area contributed by atoms with Crippen molar-refractivity contribution < 1.29 is 4.79 Å². The van der Waals surface area contributed by atoms with Gasteiger partial charge in [0.15, 0.2) is 0 Å². The van der Waals surface area contributed by atoms with Gasteiger partial charge in [-0.25, -0.2) is 0 Å². The molecule has 0 aliphatic carbocycles. The number of aromatic amines is 1. The average Bonchev–Trinajstić information content (AvgIpc) is 3.25. The van der Waals surface area contributed by atoms with Crippen molar-refractivity contribution >= 4 is 17.2 Å². The highest BCUT2D eigenvalue weighted by atomic mass is 32.1. The standard InChI is InChI=1S/C14H14N6OS/c1-9-5-19(6-10-3-2-4-20(9)10)14(21)12-8-22-7-11(12)13-15-17-18-16-13/h2-4,7-9H,5-6H2,1H3,(H,15,16,17,18)/t9-/m0/s1. The lowest BCUT2D eigenvalue weighted by molar-refractivity contribution is 0.0687. The van der Waals surface area contributed by atoms with Gasteiger partial charge in [0.2, 0.25) is 5.82 Å². The summed E-state index contributed by atoms with van der Waals surface area (Å²) in [5.74, 6) is 0.471. The van der Waals surface area contributed by atoms with Crippen LogP contribution in [0, 0.1) is 0 Å². The van der Waals surface area contributed by atoms with Gasteiger partial charge in [0.1, 0.15) is 0 Å². The molecule has 1 amide bonds. The summed E-state index contributed by atoms with van der Waals surface area (Å²) in [6, 6.07) is 4.36. The number of aromatic nitrogens is 5. The van der Waals surface area contributed by atoms with Crippen LogP contribution in [0.25, 0.3) is 11.4 Å². The van der Waals surface area contributed by atoms with Crippen molar-refractivity contribution in [1.29, 1.82) is 0 Å². The Kier molecular flexibility index (Phi) is 3.04. The molecule has 4 rings (SSSR count). The van der Waals surface area contributed by atoms with Gasteiger partial charge in [-0.1, -0.05) is 0 Å². The molecule has 1 aliphatic rings. The predicted molar refractivity (Wildman–Crippen MR) is 81.4 cm³/mol. The van der Waals surface area contributed by atoms with Crippen LogP contribution in [0.4, 0.5) is 0 Å². The second kappa shape index (κ2) is 5.06. The average molecular weight is 314 g/mol. The van der Waals surface area contributed by atoms with Crippen molar-refractivity contribution in [3.63, 3.8) is 0 Å². The Balaban J connectivity index is 1.65. The minimum absolute atomic E-state index is 0.0142. The molecule has 0 aromatic carbocycles. The molecule has 0 saturated heterocycles. The number of rotatable bonds is 2. The minimum atomic E-state index is 0.0142. The lowest BCUT2D eigenvalue weighted by Gasteiger charge is -2.33. The summed E-state index contributed by atoms with van der Waals surface area (Å²) in [4.78, 5) is 14.8. The third-order valence-corrected chi connectivity index (χ3v) is 4.69. The molecule has 8 heteroatoms. The van der Waals surface area contributed by atoms with E-state index in [4.69, 9.17) is 0 Å². The molecule has 0 saturated carbocycles. The normalized spacial score (nSPS) is 17.5. The largest absolute Gasteiger partial charge is 0.345 e. The molecule has 0 fully saturated rings. The predicted octanol–water partition coefficient (Wildman–Crippen LogP) is 1.95. The second-order valence-electron chi connectivity index (χ2n) is 5.38. The van der Waals surface area contributed by atoms with Crippen LogP contribution in [0.3, 0.4) is 0 Å². The first-order valence-electron chi connectivity index (χ1n) is 6.99. The Bertz CT molecular complexity index is 805. The Morgan fingerprint density at radius 2 is 2.36 bits per heavy atom. The fourth-order valence-electron chi connectivity index (χ4n) is 2.90. The summed E-state index contributed by atoms with van der Waals surface area (Å²) in [5.41, 5.74) is 2.53. The van der Waals surface area contributed by atoms with E-state index in [1.807, 2.05) is 21.7 Å². The van der Waals surface area contributed by atoms with E-state index in [0.717, 1.165) is 11.3 Å². The summed E-state index contributed by atoms with van der Waals surface area (Å²) in [7, 11) is 0. The zero-order chi connectivity index (χ0) is 15.1. The van der Waals surface area contributed by atoms with Crippen LogP contribution in [0.2, 0.25) is 0 Å². The zero-order valence-electron chi connectivity index (χ0n) is 11.9. The summed E-state index contributed by atoms with van der Waals surface area (Å²) in [6.07, 6.45) is 2.07. The number of hydrogen-bond donors (Lipinski definition) is 1. The highest BCUT2D eigenvalue weighted by Gasteiger charge is 2.28. The molecule has 0 spiro atoms. The van der Waals surface area contributed by atoms with E-state index >= 15 is 0 Å². The van der Waals surface area contributed by atoms with Crippen LogP contribution in [-0.4, -0.2) is 42.5 Å². The molecular weight excluding hydrogens is 300 g/mol. The van der Waals surface area contributed by atoms with Gasteiger partial charge in [-0.15, -0.1) is 10.2 Å². The maximum atomic E-state index is 12.9. The van der Waals surface area contributed by atoms with Gasteiger partial charge in [-0.2, -0.15) is 16.6 Å². The third-order valence-electron chi connectivity index (χ3n) is 3.95. The van der Waals surface area contributed by atoms with Crippen molar-refractivity contribution in [2.45, 2.75) is 19.5 Å². The molecule has 1 aliphatic heterocycles. The minimum Gasteiger partial charge on any atom is -0.345 e. The maximum Gasteiger partial charge on any atom is 0.255 e. The summed E-state index contributed by atoms with van der Waals surface area (Å²) in [6.45, 7) is 3.44. The quantitative estimate of drug-likeness (QED) is 0.784. The van der Waals surface area contributed by atoms with Crippen LogP contribution < -0.4 is 0 Å². The molecule has 1 atom stereocenters. The maximum absolute atomic E-state index is 12.9. The van der Waals surface area contributed by atoms with Crippen LogP contribution in [0.5, 0.6) is 0 Å². The van der Waals surface area contributed by atoms with E-state index in [0.29, 0.717) is 24.5 Å². The van der Waals surface area contributed by atoms with E-state index in [-0.39, 0.29) is 11.9 Å². The van der Waals surface area contributed by atoms with E-state index in [9.17, 15) is 4.79 Å². The number of carbonyl (C=O) groups is 1. The summed E-state index contributed by atoms with van der Waals surface area (Å²) < 4.78 is 2.22. The van der Waals surface area contributed by atoms with Crippen LogP contribution in [-0.2, 0) is 6.54 Å². The second-order valence-corrected chi connectivity index (χ2v) is 6.12. The fourth-order valence-corrected chi connectivity index (χ4v) is 3.70. The Morgan fingerprint density at radius 1 is 1.45 bits per heavy atom. The molecule has 112 valence electrons. The van der Waals surface area contributed by atoms with Crippen LogP contribution in [0.15, 0.2) is 29.1 Å². The molecule has 1 N–H and O–H groups in total. The number of carbonyl (C=O) groups excluding carboxylic acids is 1. The van der Waals surface area contributed by atoms with E-state index in [1.54, 1.807) is 0 Å². The van der Waals surface area contributed by atoms with Crippen molar-refractivity contribution in [3.8, 4) is 11.4 Å². The van der Waals surface area contributed by atoms with E-state index in [1.165, 1.54) is 11.3 Å². The molecule has 0 radical (unpaired) electrons. The van der Waals surface area contributed by atoms with Gasteiger partial charge in [0, 0.05) is 40.8 Å². The lowest BCUT2D eigenvalue weighted by Crippen LogP contribution is -2.39. The Hall–Kier alpha value is -2.48. The van der Waals surface area contributed by atoms with Crippen molar-refractivity contribution in [1.82, 2.24) is 30.1 Å². The Morgan fingerprint density at radius 3 is 3.18 bits per heavy atom. The van der Waals surface area contributed by atoms with E-state index in [2.05, 4.69) is 44.4 Å². The first-order valence-corrected chi connectivity index (χ1v) is 7.93. The number of fused-ring (bicyclic) bond motifs is 1. The van der Waals surface area contributed by atoms with Gasteiger partial charge in [0.25, 0.3) is 5.91 Å². The van der Waals surface area contributed by atoms with Crippen molar-refractivity contribution in [2.24, 2.45) is 0 Å². The zero-order valence-corrected chi connectivity index (χ0v) is 12.7. The molecular formula is C14H14N6OS. The van der Waals surface area contributed by atoms with Crippen molar-refractivity contribution in [2.75, 3.05) is 6.54 Å². The SMILES string of the molecule is C[C@H]1CN(C(=O)c2cscc2-c2nn[nH]n2)Cc2cccn21. The molecule has 3 aromatic heterocycles. The molecule has 4 heterocycles. The molecule has 3 aromatic rings. The number of thiophene rings is 1. The summed E-state index contributed by atoms with van der Waals surface area (Å²) >= 11 is 1.47. The van der Waals surface area contributed by atoms with Crippen LogP contribution >= 0.6 is 11.3 Å². The van der Waals surface area contributed by atoms with Gasteiger partial charge in [-0.3, -0.25) is 4.79 Å².